The first-order valence-corrected chi connectivity index (χ1v) is 8.18. The first-order valence-electron chi connectivity index (χ1n) is 6.98. The van der Waals surface area contributed by atoms with E-state index in [1.54, 1.807) is 11.3 Å². The fourth-order valence-electron chi connectivity index (χ4n) is 1.99. The molecule has 0 unspecified atom stereocenters. The Morgan fingerprint density at radius 2 is 2.14 bits per heavy atom. The lowest BCUT2D eigenvalue weighted by Gasteiger charge is -2.05. The molecule has 1 N–H and O–H groups in total. The summed E-state index contributed by atoms with van der Waals surface area (Å²) < 4.78 is 0. The van der Waals surface area contributed by atoms with Crippen LogP contribution in [0.5, 0.6) is 0 Å². The zero-order chi connectivity index (χ0) is 15.2. The van der Waals surface area contributed by atoms with Crippen molar-refractivity contribution in [1.82, 2.24) is 10.3 Å². The fourth-order valence-corrected chi connectivity index (χ4v) is 3.14. The minimum absolute atomic E-state index is 0.0718. The summed E-state index contributed by atoms with van der Waals surface area (Å²) >= 11 is 7.60. The van der Waals surface area contributed by atoms with E-state index in [0.29, 0.717) is 19.4 Å². The number of aryl methyl sites for hydroxylation is 3. The third kappa shape index (κ3) is 5.14. The molecule has 0 fully saturated rings. The van der Waals surface area contributed by atoms with E-state index in [0.717, 1.165) is 27.7 Å². The summed E-state index contributed by atoms with van der Waals surface area (Å²) in [7, 11) is 0. The van der Waals surface area contributed by atoms with Crippen molar-refractivity contribution in [1.29, 1.82) is 0 Å². The fraction of sp³-hybridized carbons (Fsp3) is 0.375. The van der Waals surface area contributed by atoms with Crippen LogP contribution in [0.4, 0.5) is 0 Å². The highest BCUT2D eigenvalue weighted by atomic mass is 35.5. The van der Waals surface area contributed by atoms with Crippen LogP contribution in [0.3, 0.4) is 0 Å². The van der Waals surface area contributed by atoms with Gasteiger partial charge in [-0.3, -0.25) is 4.79 Å². The van der Waals surface area contributed by atoms with Crippen LogP contribution >= 0.6 is 22.9 Å². The van der Waals surface area contributed by atoms with Crippen molar-refractivity contribution in [3.8, 4) is 0 Å². The average Bonchev–Trinajstić information content (AvgIpc) is 2.76. The van der Waals surface area contributed by atoms with Gasteiger partial charge in [-0.25, -0.2) is 4.98 Å². The maximum atomic E-state index is 11.8. The van der Waals surface area contributed by atoms with Gasteiger partial charge in [0.1, 0.15) is 0 Å². The topological polar surface area (TPSA) is 42.0 Å². The molecule has 2 aromatic rings. The Bertz CT molecular complexity index is 605. The Labute approximate surface area is 134 Å². The molecule has 0 saturated carbocycles. The zero-order valence-electron chi connectivity index (χ0n) is 12.3. The molecule has 1 heterocycles. The van der Waals surface area contributed by atoms with Crippen molar-refractivity contribution in [2.24, 2.45) is 0 Å². The Morgan fingerprint density at radius 1 is 1.33 bits per heavy atom. The highest BCUT2D eigenvalue weighted by molar-refractivity contribution is 7.11. The first kappa shape index (κ1) is 16.0. The van der Waals surface area contributed by atoms with Crippen molar-refractivity contribution >= 4 is 28.8 Å². The number of halogens is 1. The summed E-state index contributed by atoms with van der Waals surface area (Å²) in [6.07, 6.45) is 1.99. The molecule has 1 amide bonds. The highest BCUT2D eigenvalue weighted by Gasteiger charge is 2.07. The number of carbonyl (C=O) groups excluding carboxylic acids is 1. The highest BCUT2D eigenvalue weighted by Crippen LogP contribution is 2.17. The Balaban J connectivity index is 1.70. The summed E-state index contributed by atoms with van der Waals surface area (Å²) in [5.74, 6) is 0.0718. The number of amides is 1. The van der Waals surface area contributed by atoms with Gasteiger partial charge in [-0.1, -0.05) is 23.7 Å². The molecule has 0 aliphatic rings. The molecule has 21 heavy (non-hydrogen) atoms. The molecule has 3 nitrogen and oxygen atoms in total. The molecular weight excluding hydrogens is 304 g/mol. The number of hydrogen-bond donors (Lipinski definition) is 1. The predicted molar refractivity (Wildman–Crippen MR) is 88.1 cm³/mol. The van der Waals surface area contributed by atoms with Crippen LogP contribution in [-0.4, -0.2) is 17.4 Å². The van der Waals surface area contributed by atoms with E-state index in [1.165, 1.54) is 4.88 Å². The van der Waals surface area contributed by atoms with E-state index in [2.05, 4.69) is 17.2 Å². The number of rotatable bonds is 6. The lowest BCUT2D eigenvalue weighted by atomic mass is 10.1. The maximum Gasteiger partial charge on any atom is 0.220 e. The second-order valence-electron chi connectivity index (χ2n) is 4.98. The minimum atomic E-state index is 0.0718. The van der Waals surface area contributed by atoms with Crippen LogP contribution in [0.15, 0.2) is 24.3 Å². The summed E-state index contributed by atoms with van der Waals surface area (Å²) in [6.45, 7) is 4.69. The van der Waals surface area contributed by atoms with Crippen LogP contribution in [0.1, 0.15) is 27.6 Å². The molecule has 112 valence electrons. The van der Waals surface area contributed by atoms with Gasteiger partial charge in [0.05, 0.1) is 10.7 Å². The van der Waals surface area contributed by atoms with E-state index in [9.17, 15) is 4.79 Å². The second kappa shape index (κ2) is 7.57. The molecule has 0 spiro atoms. The van der Waals surface area contributed by atoms with Crippen LogP contribution in [0.25, 0.3) is 0 Å². The minimum Gasteiger partial charge on any atom is -0.356 e. The number of benzene rings is 1. The van der Waals surface area contributed by atoms with Gasteiger partial charge in [-0.2, -0.15) is 0 Å². The summed E-state index contributed by atoms with van der Waals surface area (Å²) in [5.41, 5.74) is 2.20. The van der Waals surface area contributed by atoms with Crippen molar-refractivity contribution in [2.75, 3.05) is 6.54 Å². The molecule has 0 saturated heterocycles. The van der Waals surface area contributed by atoms with E-state index in [-0.39, 0.29) is 5.91 Å². The van der Waals surface area contributed by atoms with Gasteiger partial charge < -0.3 is 5.32 Å². The average molecular weight is 323 g/mol. The molecule has 2 rings (SSSR count). The third-order valence-corrected chi connectivity index (χ3v) is 4.63. The Hall–Kier alpha value is -1.39. The van der Waals surface area contributed by atoms with Gasteiger partial charge in [0, 0.05) is 29.3 Å². The van der Waals surface area contributed by atoms with Crippen molar-refractivity contribution in [3.05, 3.63) is 50.4 Å². The lowest BCUT2D eigenvalue weighted by molar-refractivity contribution is -0.121. The Kier molecular flexibility index (Phi) is 5.76. The van der Waals surface area contributed by atoms with Crippen LogP contribution in [-0.2, 0) is 17.6 Å². The normalized spacial score (nSPS) is 10.6. The number of carbonyl (C=O) groups is 1. The first-order chi connectivity index (χ1) is 10.0. The Morgan fingerprint density at radius 3 is 2.81 bits per heavy atom. The van der Waals surface area contributed by atoms with E-state index < -0.39 is 0 Å². The quantitative estimate of drug-likeness (QED) is 0.881. The standard InChI is InChI=1S/C16H19ClN2OS/c1-11-12(2)21-16(19-11)7-6-15(20)18-9-8-13-4-3-5-14(17)10-13/h3-5,10H,6-9H2,1-2H3,(H,18,20). The lowest BCUT2D eigenvalue weighted by Crippen LogP contribution is -2.25. The van der Waals surface area contributed by atoms with E-state index in [1.807, 2.05) is 31.2 Å². The van der Waals surface area contributed by atoms with Crippen LogP contribution < -0.4 is 5.32 Å². The molecule has 0 bridgehead atoms. The van der Waals surface area contributed by atoms with E-state index >= 15 is 0 Å². The second-order valence-corrected chi connectivity index (χ2v) is 6.70. The third-order valence-electron chi connectivity index (χ3n) is 3.26. The summed E-state index contributed by atoms with van der Waals surface area (Å²) in [4.78, 5) is 17.5. The van der Waals surface area contributed by atoms with Gasteiger partial charge in [-0.15, -0.1) is 11.3 Å². The number of nitrogens with zero attached hydrogens (tertiary/aromatic N) is 1. The molecule has 0 radical (unpaired) electrons. The number of thiazole rings is 1. The van der Waals surface area contributed by atoms with Crippen LogP contribution in [0, 0.1) is 13.8 Å². The van der Waals surface area contributed by atoms with Crippen molar-refractivity contribution < 1.29 is 4.79 Å². The maximum absolute atomic E-state index is 11.8. The molecule has 1 aromatic carbocycles. The van der Waals surface area contributed by atoms with E-state index in [4.69, 9.17) is 11.6 Å². The van der Waals surface area contributed by atoms with Gasteiger partial charge in [0.2, 0.25) is 5.91 Å². The molecule has 5 heteroatoms. The molecule has 1 aromatic heterocycles. The zero-order valence-corrected chi connectivity index (χ0v) is 13.9. The number of nitrogens with one attached hydrogen (secondary N) is 1. The SMILES string of the molecule is Cc1nc(CCC(=O)NCCc2cccc(Cl)c2)sc1C. The number of aromatic nitrogens is 1. The predicted octanol–water partition coefficient (Wildman–Crippen LogP) is 3.70. The van der Waals surface area contributed by atoms with Gasteiger partial charge >= 0.3 is 0 Å². The summed E-state index contributed by atoms with van der Waals surface area (Å²) in [6, 6.07) is 7.71. The van der Waals surface area contributed by atoms with Gasteiger partial charge in [-0.05, 0) is 38.0 Å². The van der Waals surface area contributed by atoms with Gasteiger partial charge in [0.15, 0.2) is 0 Å². The summed E-state index contributed by atoms with van der Waals surface area (Å²) in [5, 5.41) is 4.70. The number of hydrogen-bond acceptors (Lipinski definition) is 3. The van der Waals surface area contributed by atoms with Crippen LogP contribution in [0.2, 0.25) is 5.02 Å². The molecule has 0 aliphatic heterocycles. The van der Waals surface area contributed by atoms with Gasteiger partial charge in [0.25, 0.3) is 0 Å². The smallest absolute Gasteiger partial charge is 0.220 e. The van der Waals surface area contributed by atoms with Crippen molar-refractivity contribution in [2.45, 2.75) is 33.1 Å². The monoisotopic (exact) mass is 322 g/mol. The molecule has 0 atom stereocenters. The largest absolute Gasteiger partial charge is 0.356 e. The van der Waals surface area contributed by atoms with Crippen molar-refractivity contribution in [3.63, 3.8) is 0 Å². The molecule has 0 aliphatic carbocycles. The molecular formula is C16H19ClN2OS.